The van der Waals surface area contributed by atoms with Gasteiger partial charge in [-0.05, 0) is 18.2 Å². The van der Waals surface area contributed by atoms with Gasteiger partial charge < -0.3 is 10.0 Å². The topological polar surface area (TPSA) is 40.5 Å². The molecule has 3 nitrogen and oxygen atoms in total. The highest BCUT2D eigenvalue weighted by Crippen LogP contribution is 2.16. The average Bonchev–Trinajstić information content (AvgIpc) is 2.23. The van der Waals surface area contributed by atoms with E-state index >= 15 is 0 Å². The maximum Gasteiger partial charge on any atom is 0.224 e. The number of halogens is 2. The molecule has 0 saturated carbocycles. The molecule has 0 aromatic heterocycles. The second-order valence-corrected chi connectivity index (χ2v) is 3.90. The molecule has 0 aliphatic carbocycles. The van der Waals surface area contributed by atoms with Crippen molar-refractivity contribution >= 4 is 17.5 Å². The van der Waals surface area contributed by atoms with Crippen molar-refractivity contribution in [1.29, 1.82) is 0 Å². The molecule has 0 fully saturated rings. The van der Waals surface area contributed by atoms with Crippen molar-refractivity contribution in [2.24, 2.45) is 0 Å². The molecule has 0 aliphatic rings. The van der Waals surface area contributed by atoms with Crippen LogP contribution in [0.5, 0.6) is 0 Å². The Morgan fingerprint density at radius 2 is 2.25 bits per heavy atom. The number of amides is 1. The van der Waals surface area contributed by atoms with E-state index in [1.165, 1.54) is 23.1 Å². The lowest BCUT2D eigenvalue weighted by atomic mass is 10.2. The van der Waals surface area contributed by atoms with E-state index in [-0.39, 0.29) is 25.5 Å². The summed E-state index contributed by atoms with van der Waals surface area (Å²) in [5, 5.41) is 9.04. The van der Waals surface area contributed by atoms with Crippen LogP contribution in [0.15, 0.2) is 18.2 Å². The first kappa shape index (κ1) is 12.9. The minimum absolute atomic E-state index is 0.0404. The molecule has 1 rings (SSSR count). The SMILES string of the molecule is CN(Cc1cc(Cl)ccc1F)C(=O)CCO. The fourth-order valence-corrected chi connectivity index (χ4v) is 1.49. The van der Waals surface area contributed by atoms with Gasteiger partial charge in [0.25, 0.3) is 0 Å². The van der Waals surface area contributed by atoms with Crippen molar-refractivity contribution in [2.45, 2.75) is 13.0 Å². The van der Waals surface area contributed by atoms with Crippen LogP contribution < -0.4 is 0 Å². The van der Waals surface area contributed by atoms with Crippen molar-refractivity contribution < 1.29 is 14.3 Å². The molecule has 88 valence electrons. The van der Waals surface area contributed by atoms with E-state index in [2.05, 4.69) is 0 Å². The predicted molar refractivity (Wildman–Crippen MR) is 59.6 cm³/mol. The monoisotopic (exact) mass is 245 g/mol. The summed E-state index contributed by atoms with van der Waals surface area (Å²) in [6, 6.07) is 4.21. The maximum absolute atomic E-state index is 13.3. The smallest absolute Gasteiger partial charge is 0.224 e. The third-order valence-corrected chi connectivity index (χ3v) is 2.40. The standard InChI is InChI=1S/C11H13ClFNO2/c1-14(11(16)4-5-15)7-8-6-9(12)2-3-10(8)13/h2-3,6,15H,4-5,7H2,1H3. The van der Waals surface area contributed by atoms with E-state index in [9.17, 15) is 9.18 Å². The summed E-state index contributed by atoms with van der Waals surface area (Å²) >= 11 is 5.73. The Balaban J connectivity index is 2.72. The van der Waals surface area contributed by atoms with Gasteiger partial charge in [-0.2, -0.15) is 0 Å². The quantitative estimate of drug-likeness (QED) is 0.879. The minimum atomic E-state index is -0.395. The molecular formula is C11H13ClFNO2. The number of nitrogens with zero attached hydrogens (tertiary/aromatic N) is 1. The van der Waals surface area contributed by atoms with Gasteiger partial charge in [0.2, 0.25) is 5.91 Å². The number of hydrogen-bond donors (Lipinski definition) is 1. The molecule has 0 spiro atoms. The van der Waals surface area contributed by atoms with Gasteiger partial charge in [0, 0.05) is 30.6 Å². The van der Waals surface area contributed by atoms with Gasteiger partial charge in [0.1, 0.15) is 5.82 Å². The molecule has 1 aromatic carbocycles. The number of hydrogen-bond acceptors (Lipinski definition) is 2. The number of carbonyl (C=O) groups excluding carboxylic acids is 1. The normalized spacial score (nSPS) is 10.2. The summed E-state index contributed by atoms with van der Waals surface area (Å²) in [5.41, 5.74) is 0.362. The Bertz CT molecular complexity index is 384. The summed E-state index contributed by atoms with van der Waals surface area (Å²) in [7, 11) is 1.55. The lowest BCUT2D eigenvalue weighted by Crippen LogP contribution is -2.27. The Morgan fingerprint density at radius 3 is 2.88 bits per heavy atom. The van der Waals surface area contributed by atoms with Crippen molar-refractivity contribution in [3.05, 3.63) is 34.6 Å². The zero-order valence-electron chi connectivity index (χ0n) is 8.91. The predicted octanol–water partition coefficient (Wildman–Crippen LogP) is 1.82. The molecule has 0 bridgehead atoms. The zero-order valence-corrected chi connectivity index (χ0v) is 9.67. The van der Waals surface area contributed by atoms with Crippen molar-refractivity contribution in [2.75, 3.05) is 13.7 Å². The second-order valence-electron chi connectivity index (χ2n) is 3.46. The largest absolute Gasteiger partial charge is 0.396 e. The number of carbonyl (C=O) groups is 1. The van der Waals surface area contributed by atoms with Gasteiger partial charge in [-0.3, -0.25) is 4.79 Å². The van der Waals surface area contributed by atoms with E-state index in [0.29, 0.717) is 10.6 Å². The summed E-state index contributed by atoms with van der Waals surface area (Å²) in [4.78, 5) is 12.7. The van der Waals surface area contributed by atoms with Crippen molar-refractivity contribution in [1.82, 2.24) is 4.90 Å². The molecule has 16 heavy (non-hydrogen) atoms. The molecule has 1 N–H and O–H groups in total. The third-order valence-electron chi connectivity index (χ3n) is 2.17. The number of rotatable bonds is 4. The molecule has 1 aromatic rings. The van der Waals surface area contributed by atoms with Crippen LogP contribution in [-0.2, 0) is 11.3 Å². The molecular weight excluding hydrogens is 233 g/mol. The lowest BCUT2D eigenvalue weighted by molar-refractivity contribution is -0.131. The van der Waals surface area contributed by atoms with Crippen LogP contribution in [0, 0.1) is 5.82 Å². The fraction of sp³-hybridized carbons (Fsp3) is 0.364. The van der Waals surface area contributed by atoms with E-state index in [1.807, 2.05) is 0 Å². The summed E-state index contributed by atoms with van der Waals surface area (Å²) in [6.45, 7) is -0.0631. The Morgan fingerprint density at radius 1 is 1.56 bits per heavy atom. The summed E-state index contributed by atoms with van der Waals surface area (Å²) < 4.78 is 13.3. The van der Waals surface area contributed by atoms with E-state index in [0.717, 1.165) is 0 Å². The van der Waals surface area contributed by atoms with Crippen molar-refractivity contribution in [3.63, 3.8) is 0 Å². The molecule has 1 amide bonds. The van der Waals surface area contributed by atoms with Crippen LogP contribution in [0.2, 0.25) is 5.02 Å². The van der Waals surface area contributed by atoms with Crippen LogP contribution in [-0.4, -0.2) is 29.6 Å². The molecule has 0 radical (unpaired) electrons. The minimum Gasteiger partial charge on any atom is -0.396 e. The first-order valence-electron chi connectivity index (χ1n) is 4.83. The summed E-state index contributed by atoms with van der Waals surface area (Å²) in [6.07, 6.45) is 0.0404. The lowest BCUT2D eigenvalue weighted by Gasteiger charge is -2.17. The molecule has 0 unspecified atom stereocenters. The first-order chi connectivity index (χ1) is 7.54. The van der Waals surface area contributed by atoms with E-state index in [4.69, 9.17) is 16.7 Å². The van der Waals surface area contributed by atoms with Crippen LogP contribution in [0.3, 0.4) is 0 Å². The molecule has 0 aliphatic heterocycles. The van der Waals surface area contributed by atoms with E-state index in [1.54, 1.807) is 7.05 Å². The Labute approximate surface area is 98.4 Å². The van der Waals surface area contributed by atoms with Crippen LogP contribution in [0.25, 0.3) is 0 Å². The third kappa shape index (κ3) is 3.47. The average molecular weight is 246 g/mol. The van der Waals surface area contributed by atoms with Crippen LogP contribution in [0.1, 0.15) is 12.0 Å². The Hall–Kier alpha value is -1.13. The molecule has 0 heterocycles. The summed E-state index contributed by atoms with van der Waals surface area (Å²) in [5.74, 6) is -0.630. The fourth-order valence-electron chi connectivity index (χ4n) is 1.29. The number of aliphatic hydroxyl groups is 1. The van der Waals surface area contributed by atoms with Gasteiger partial charge in [-0.15, -0.1) is 0 Å². The Kier molecular flexibility index (Phi) is 4.71. The van der Waals surface area contributed by atoms with Gasteiger partial charge >= 0.3 is 0 Å². The molecule has 0 atom stereocenters. The number of aliphatic hydroxyl groups excluding tert-OH is 1. The van der Waals surface area contributed by atoms with Crippen molar-refractivity contribution in [3.8, 4) is 0 Å². The highest BCUT2D eigenvalue weighted by atomic mass is 35.5. The molecule has 0 saturated heterocycles. The highest BCUT2D eigenvalue weighted by Gasteiger charge is 2.11. The van der Waals surface area contributed by atoms with Crippen LogP contribution >= 0.6 is 11.6 Å². The van der Waals surface area contributed by atoms with Gasteiger partial charge in [-0.25, -0.2) is 4.39 Å². The highest BCUT2D eigenvalue weighted by molar-refractivity contribution is 6.30. The van der Waals surface area contributed by atoms with Gasteiger partial charge in [0.15, 0.2) is 0 Å². The van der Waals surface area contributed by atoms with Gasteiger partial charge in [0.05, 0.1) is 6.61 Å². The maximum atomic E-state index is 13.3. The second kappa shape index (κ2) is 5.82. The number of benzene rings is 1. The van der Waals surface area contributed by atoms with Gasteiger partial charge in [-0.1, -0.05) is 11.6 Å². The first-order valence-corrected chi connectivity index (χ1v) is 5.21. The van der Waals surface area contributed by atoms with E-state index < -0.39 is 5.82 Å². The zero-order chi connectivity index (χ0) is 12.1. The van der Waals surface area contributed by atoms with Crippen LogP contribution in [0.4, 0.5) is 4.39 Å². The molecule has 5 heteroatoms.